The van der Waals surface area contributed by atoms with E-state index < -0.39 is 11.7 Å². The summed E-state index contributed by atoms with van der Waals surface area (Å²) in [5.41, 5.74) is 0.193. The molecule has 156 valence electrons. The number of rotatable bonds is 6. The Morgan fingerprint density at radius 1 is 1.24 bits per heavy atom. The molecule has 1 aromatic heterocycles. The van der Waals surface area contributed by atoms with Gasteiger partial charge in [-0.2, -0.15) is 13.2 Å². The number of nitrogens with one attached hydrogen (secondary N) is 1. The standard InChI is InChI=1S/C21H24F3N3OS/c1-14(2)29-18-6-3-15(4-7-18)11-20(28)26-17-9-10-27(13-17)19-8-5-16(12-25-19)21(22,23)24/h3-8,12,14,17H,9-11,13H2,1-2H3,(H,26,28)/t17-/m1/s1. The fourth-order valence-electron chi connectivity index (χ4n) is 3.25. The van der Waals surface area contributed by atoms with Gasteiger partial charge in [0, 0.05) is 35.5 Å². The molecule has 1 aliphatic rings. The van der Waals surface area contributed by atoms with Crippen molar-refractivity contribution in [2.75, 3.05) is 18.0 Å². The lowest BCUT2D eigenvalue weighted by molar-refractivity contribution is -0.137. The van der Waals surface area contributed by atoms with Gasteiger partial charge in [0.05, 0.1) is 12.0 Å². The van der Waals surface area contributed by atoms with Gasteiger partial charge >= 0.3 is 6.18 Å². The summed E-state index contributed by atoms with van der Waals surface area (Å²) in [6, 6.07) is 10.4. The van der Waals surface area contributed by atoms with Crippen molar-refractivity contribution in [3.8, 4) is 0 Å². The fourth-order valence-corrected chi connectivity index (χ4v) is 4.09. The van der Waals surface area contributed by atoms with Crippen LogP contribution in [0.25, 0.3) is 0 Å². The molecule has 0 spiro atoms. The van der Waals surface area contributed by atoms with Crippen molar-refractivity contribution in [1.29, 1.82) is 0 Å². The molecule has 1 saturated heterocycles. The summed E-state index contributed by atoms with van der Waals surface area (Å²) >= 11 is 1.78. The van der Waals surface area contributed by atoms with E-state index in [0.29, 0.717) is 30.6 Å². The van der Waals surface area contributed by atoms with Gasteiger partial charge < -0.3 is 10.2 Å². The minimum Gasteiger partial charge on any atom is -0.354 e. The largest absolute Gasteiger partial charge is 0.417 e. The number of hydrogen-bond donors (Lipinski definition) is 1. The van der Waals surface area contributed by atoms with Gasteiger partial charge in [0.25, 0.3) is 0 Å². The smallest absolute Gasteiger partial charge is 0.354 e. The van der Waals surface area contributed by atoms with E-state index in [1.807, 2.05) is 29.2 Å². The molecule has 1 fully saturated rings. The van der Waals surface area contributed by atoms with Crippen LogP contribution in [0.3, 0.4) is 0 Å². The number of anilines is 1. The number of aromatic nitrogens is 1. The highest BCUT2D eigenvalue weighted by Crippen LogP contribution is 2.30. The van der Waals surface area contributed by atoms with Gasteiger partial charge in [-0.3, -0.25) is 4.79 Å². The summed E-state index contributed by atoms with van der Waals surface area (Å²) in [5.74, 6) is 0.439. The highest BCUT2D eigenvalue weighted by Gasteiger charge is 2.31. The third-order valence-electron chi connectivity index (χ3n) is 4.61. The second-order valence-electron chi connectivity index (χ2n) is 7.39. The van der Waals surface area contributed by atoms with E-state index in [2.05, 4.69) is 24.1 Å². The van der Waals surface area contributed by atoms with Crippen molar-refractivity contribution in [3.05, 3.63) is 53.7 Å². The second kappa shape index (κ2) is 9.07. The summed E-state index contributed by atoms with van der Waals surface area (Å²) in [7, 11) is 0. The maximum Gasteiger partial charge on any atom is 0.417 e. The van der Waals surface area contributed by atoms with Gasteiger partial charge in [-0.05, 0) is 36.2 Å². The molecule has 1 N–H and O–H groups in total. The normalized spacial score (nSPS) is 17.0. The molecule has 0 bridgehead atoms. The van der Waals surface area contributed by atoms with Crippen LogP contribution in [0.4, 0.5) is 19.0 Å². The van der Waals surface area contributed by atoms with E-state index in [4.69, 9.17) is 0 Å². The lowest BCUT2D eigenvalue weighted by Crippen LogP contribution is -2.38. The van der Waals surface area contributed by atoms with Gasteiger partial charge in [-0.25, -0.2) is 4.98 Å². The Kier molecular flexibility index (Phi) is 6.72. The first-order chi connectivity index (χ1) is 13.7. The molecule has 0 saturated carbocycles. The molecule has 0 radical (unpaired) electrons. The van der Waals surface area contributed by atoms with Crippen LogP contribution < -0.4 is 10.2 Å². The maximum atomic E-state index is 12.7. The van der Waals surface area contributed by atoms with E-state index in [9.17, 15) is 18.0 Å². The third-order valence-corrected chi connectivity index (χ3v) is 5.63. The number of nitrogens with zero attached hydrogens (tertiary/aromatic N) is 2. The Balaban J connectivity index is 1.50. The first-order valence-corrected chi connectivity index (χ1v) is 10.4. The van der Waals surface area contributed by atoms with E-state index in [0.717, 1.165) is 24.2 Å². The van der Waals surface area contributed by atoms with Crippen LogP contribution in [0.15, 0.2) is 47.5 Å². The highest BCUT2D eigenvalue weighted by atomic mass is 32.2. The second-order valence-corrected chi connectivity index (χ2v) is 9.04. The Hall–Kier alpha value is -2.22. The molecular weight excluding hydrogens is 399 g/mol. The van der Waals surface area contributed by atoms with Crippen molar-refractivity contribution in [2.24, 2.45) is 0 Å². The van der Waals surface area contributed by atoms with Crippen molar-refractivity contribution < 1.29 is 18.0 Å². The first kappa shape index (κ1) is 21.5. The van der Waals surface area contributed by atoms with Crippen molar-refractivity contribution in [1.82, 2.24) is 10.3 Å². The van der Waals surface area contributed by atoms with Crippen LogP contribution >= 0.6 is 11.8 Å². The Morgan fingerprint density at radius 3 is 2.55 bits per heavy atom. The van der Waals surface area contributed by atoms with E-state index in [1.165, 1.54) is 11.0 Å². The van der Waals surface area contributed by atoms with Crippen LogP contribution in [-0.2, 0) is 17.4 Å². The lowest BCUT2D eigenvalue weighted by atomic mass is 10.1. The number of thioether (sulfide) groups is 1. The first-order valence-electron chi connectivity index (χ1n) is 9.54. The SMILES string of the molecule is CC(C)Sc1ccc(CC(=O)N[C@@H]2CCN(c3ccc(C(F)(F)F)cn3)C2)cc1. The number of benzene rings is 1. The summed E-state index contributed by atoms with van der Waals surface area (Å²) in [6.45, 7) is 5.45. The number of amides is 1. The van der Waals surface area contributed by atoms with Gasteiger partial charge in [0.15, 0.2) is 0 Å². The number of pyridine rings is 1. The summed E-state index contributed by atoms with van der Waals surface area (Å²) < 4.78 is 38.0. The average molecular weight is 424 g/mol. The quantitative estimate of drug-likeness (QED) is 0.693. The van der Waals surface area contributed by atoms with Crippen molar-refractivity contribution in [2.45, 2.75) is 49.1 Å². The molecule has 3 rings (SSSR count). The zero-order valence-corrected chi connectivity index (χ0v) is 17.2. The predicted octanol–water partition coefficient (Wildman–Crippen LogP) is 4.54. The molecule has 4 nitrogen and oxygen atoms in total. The zero-order valence-electron chi connectivity index (χ0n) is 16.4. The molecule has 2 heterocycles. The molecule has 2 aromatic rings. The van der Waals surface area contributed by atoms with Crippen molar-refractivity contribution >= 4 is 23.5 Å². The third kappa shape index (κ3) is 6.13. The number of hydrogen-bond acceptors (Lipinski definition) is 4. The molecule has 1 aliphatic heterocycles. The highest BCUT2D eigenvalue weighted by molar-refractivity contribution is 7.99. The molecule has 1 amide bonds. The number of alkyl halides is 3. The summed E-state index contributed by atoms with van der Waals surface area (Å²) in [5, 5.41) is 3.52. The monoisotopic (exact) mass is 423 g/mol. The molecule has 0 unspecified atom stereocenters. The molecule has 29 heavy (non-hydrogen) atoms. The molecule has 8 heteroatoms. The summed E-state index contributed by atoms with van der Waals surface area (Å²) in [4.78, 5) is 19.4. The summed E-state index contributed by atoms with van der Waals surface area (Å²) in [6.07, 6.45) is -2.50. The van der Waals surface area contributed by atoms with Crippen LogP contribution in [0.2, 0.25) is 0 Å². The average Bonchev–Trinajstić information content (AvgIpc) is 3.10. The molecule has 1 atom stereocenters. The topological polar surface area (TPSA) is 45.2 Å². The lowest BCUT2D eigenvalue weighted by Gasteiger charge is -2.18. The fraction of sp³-hybridized carbons (Fsp3) is 0.429. The van der Waals surface area contributed by atoms with Crippen LogP contribution in [0.5, 0.6) is 0 Å². The Bertz CT molecular complexity index is 823. The predicted molar refractivity (Wildman–Crippen MR) is 109 cm³/mol. The maximum absolute atomic E-state index is 12.7. The molecule has 0 aliphatic carbocycles. The van der Waals surface area contributed by atoms with Gasteiger partial charge in [-0.15, -0.1) is 11.8 Å². The van der Waals surface area contributed by atoms with Crippen molar-refractivity contribution in [3.63, 3.8) is 0 Å². The minimum atomic E-state index is -4.39. The van der Waals surface area contributed by atoms with Crippen LogP contribution in [0.1, 0.15) is 31.4 Å². The van der Waals surface area contributed by atoms with E-state index in [1.54, 1.807) is 11.8 Å². The van der Waals surface area contributed by atoms with Gasteiger partial charge in [0.2, 0.25) is 5.91 Å². The van der Waals surface area contributed by atoms with Crippen LogP contribution in [-0.4, -0.2) is 35.3 Å². The number of carbonyl (C=O) groups excluding carboxylic acids is 1. The Morgan fingerprint density at radius 2 is 1.97 bits per heavy atom. The van der Waals surface area contributed by atoms with Gasteiger partial charge in [-0.1, -0.05) is 26.0 Å². The number of carbonyl (C=O) groups is 1. The van der Waals surface area contributed by atoms with Crippen LogP contribution in [0, 0.1) is 0 Å². The number of halogens is 3. The zero-order chi connectivity index (χ0) is 21.0. The van der Waals surface area contributed by atoms with E-state index in [-0.39, 0.29) is 11.9 Å². The Labute approximate surface area is 172 Å². The molecular formula is C21H24F3N3OS. The van der Waals surface area contributed by atoms with Gasteiger partial charge in [0.1, 0.15) is 5.82 Å². The minimum absolute atomic E-state index is 0.0395. The molecule has 1 aromatic carbocycles. The van der Waals surface area contributed by atoms with E-state index >= 15 is 0 Å².